The molecule has 0 spiro atoms. The zero-order valence-electron chi connectivity index (χ0n) is 13.8. The lowest BCUT2D eigenvalue weighted by Crippen LogP contribution is -1.96. The highest BCUT2D eigenvalue weighted by Crippen LogP contribution is 2.25. The smallest absolute Gasteiger partial charge is 0.277 e. The fourth-order valence-corrected chi connectivity index (χ4v) is 4.00. The van der Waals surface area contributed by atoms with Crippen LogP contribution in [0.25, 0.3) is 11.5 Å². The minimum atomic E-state index is -3.45. The lowest BCUT2D eigenvalue weighted by Gasteiger charge is -1.99. The van der Waals surface area contributed by atoms with Crippen molar-refractivity contribution in [2.24, 2.45) is 0 Å². The lowest BCUT2D eigenvalue weighted by molar-refractivity contribution is 0.466. The number of benzene rings is 2. The van der Waals surface area contributed by atoms with Crippen LogP contribution in [0.15, 0.2) is 74.6 Å². The summed E-state index contributed by atoms with van der Waals surface area (Å²) < 4.78 is 30.0. The normalized spacial score (nSPS) is 11.9. The van der Waals surface area contributed by atoms with Crippen molar-refractivity contribution in [2.75, 3.05) is 5.75 Å². The highest BCUT2D eigenvalue weighted by Gasteiger charge is 2.11. The molecule has 0 aliphatic rings. The fourth-order valence-electron chi connectivity index (χ4n) is 2.10. The van der Waals surface area contributed by atoms with E-state index in [1.54, 1.807) is 48.5 Å². The Bertz CT molecular complexity index is 1030. The molecule has 0 amide bonds. The molecule has 0 unspecified atom stereocenters. The third-order valence-corrected chi connectivity index (χ3v) is 5.89. The molecule has 0 atom stereocenters. The average molecular weight is 407 g/mol. The number of nitrogens with zero attached hydrogens (tertiary/aromatic N) is 2. The molecule has 0 saturated heterocycles. The van der Waals surface area contributed by atoms with E-state index in [9.17, 15) is 8.42 Å². The van der Waals surface area contributed by atoms with E-state index in [1.807, 2.05) is 13.0 Å². The number of aryl methyl sites for hydroxylation is 1. The van der Waals surface area contributed by atoms with Crippen LogP contribution in [0.3, 0.4) is 0 Å². The SMILES string of the molecule is Cc1ccc(S(=O)(=O)/C=C/CSc2nnc(-c3cccc(Cl)c3)o2)cc1. The van der Waals surface area contributed by atoms with Gasteiger partial charge in [-0.3, -0.25) is 0 Å². The van der Waals surface area contributed by atoms with Gasteiger partial charge in [-0.1, -0.05) is 53.2 Å². The lowest BCUT2D eigenvalue weighted by atomic mass is 10.2. The summed E-state index contributed by atoms with van der Waals surface area (Å²) in [5, 5.41) is 10.1. The molecular weight excluding hydrogens is 392 g/mol. The second-order valence-corrected chi connectivity index (χ2v) is 8.67. The van der Waals surface area contributed by atoms with E-state index in [2.05, 4.69) is 10.2 Å². The second-order valence-electron chi connectivity index (χ2n) is 5.42. The monoisotopic (exact) mass is 406 g/mol. The van der Waals surface area contributed by atoms with Crippen molar-refractivity contribution >= 4 is 33.2 Å². The van der Waals surface area contributed by atoms with Gasteiger partial charge in [0.05, 0.1) is 4.90 Å². The summed E-state index contributed by atoms with van der Waals surface area (Å²) in [7, 11) is -3.45. The van der Waals surface area contributed by atoms with Gasteiger partial charge < -0.3 is 4.42 Å². The summed E-state index contributed by atoms with van der Waals surface area (Å²) in [4.78, 5) is 0.269. The van der Waals surface area contributed by atoms with Crippen molar-refractivity contribution in [3.63, 3.8) is 0 Å². The second kappa shape index (κ2) is 8.07. The maximum absolute atomic E-state index is 12.2. The molecular formula is C18H15ClN2O3S2. The first-order chi connectivity index (χ1) is 12.4. The van der Waals surface area contributed by atoms with E-state index in [1.165, 1.54) is 17.2 Å². The summed E-state index contributed by atoms with van der Waals surface area (Å²) in [6.07, 6.45) is 1.56. The first kappa shape index (κ1) is 18.7. The van der Waals surface area contributed by atoms with Gasteiger partial charge in [0.1, 0.15) is 0 Å². The Morgan fingerprint density at radius 3 is 2.65 bits per heavy atom. The molecule has 1 aromatic heterocycles. The predicted octanol–water partition coefficient (Wildman–Crippen LogP) is 4.78. The summed E-state index contributed by atoms with van der Waals surface area (Å²) in [5.74, 6) is 0.758. The van der Waals surface area contributed by atoms with E-state index in [-0.39, 0.29) is 4.90 Å². The molecule has 2 aromatic carbocycles. The highest BCUT2D eigenvalue weighted by molar-refractivity contribution is 7.99. The Morgan fingerprint density at radius 1 is 1.15 bits per heavy atom. The van der Waals surface area contributed by atoms with Crippen LogP contribution in [0.2, 0.25) is 5.02 Å². The minimum Gasteiger partial charge on any atom is -0.411 e. The van der Waals surface area contributed by atoms with E-state index in [0.29, 0.717) is 21.9 Å². The number of halogens is 1. The van der Waals surface area contributed by atoms with Crippen LogP contribution in [0.4, 0.5) is 0 Å². The largest absolute Gasteiger partial charge is 0.411 e. The van der Waals surface area contributed by atoms with Crippen molar-refractivity contribution in [1.82, 2.24) is 10.2 Å². The van der Waals surface area contributed by atoms with Crippen molar-refractivity contribution < 1.29 is 12.8 Å². The fraction of sp³-hybridized carbons (Fsp3) is 0.111. The van der Waals surface area contributed by atoms with E-state index >= 15 is 0 Å². The molecule has 8 heteroatoms. The molecule has 3 rings (SSSR count). The molecule has 26 heavy (non-hydrogen) atoms. The Balaban J connectivity index is 1.61. The van der Waals surface area contributed by atoms with Gasteiger partial charge in [-0.2, -0.15) is 0 Å². The van der Waals surface area contributed by atoms with Gasteiger partial charge in [0.2, 0.25) is 5.89 Å². The molecule has 3 aromatic rings. The molecule has 134 valence electrons. The van der Waals surface area contributed by atoms with Crippen LogP contribution >= 0.6 is 23.4 Å². The van der Waals surface area contributed by atoms with Crippen molar-refractivity contribution in [3.8, 4) is 11.5 Å². The van der Waals surface area contributed by atoms with Gasteiger partial charge in [-0.25, -0.2) is 8.42 Å². The summed E-state index contributed by atoms with van der Waals surface area (Å²) in [5.41, 5.74) is 1.74. The van der Waals surface area contributed by atoms with Gasteiger partial charge in [-0.15, -0.1) is 10.2 Å². The standard InChI is InChI=1S/C18H15ClN2O3S2/c1-13-6-8-16(9-7-13)26(22,23)11-3-10-25-18-21-20-17(24-18)14-4-2-5-15(19)12-14/h2-9,11-12H,10H2,1H3/b11-3+. The Hall–Kier alpha value is -2.09. The number of hydrogen-bond donors (Lipinski definition) is 0. The van der Waals surface area contributed by atoms with Gasteiger partial charge in [0.25, 0.3) is 5.22 Å². The van der Waals surface area contributed by atoms with Crippen LogP contribution in [-0.4, -0.2) is 24.4 Å². The van der Waals surface area contributed by atoms with Crippen molar-refractivity contribution in [2.45, 2.75) is 17.0 Å². The van der Waals surface area contributed by atoms with Crippen LogP contribution in [0.5, 0.6) is 0 Å². The van der Waals surface area contributed by atoms with Crippen LogP contribution < -0.4 is 0 Å². The van der Waals surface area contributed by atoms with E-state index in [4.69, 9.17) is 16.0 Å². The minimum absolute atomic E-state index is 0.269. The molecule has 0 saturated carbocycles. The molecule has 0 aliphatic heterocycles. The third-order valence-electron chi connectivity index (χ3n) is 3.41. The molecule has 0 fully saturated rings. The van der Waals surface area contributed by atoms with E-state index < -0.39 is 9.84 Å². The van der Waals surface area contributed by atoms with Crippen molar-refractivity contribution in [3.05, 3.63) is 70.6 Å². The van der Waals surface area contributed by atoms with Gasteiger partial charge in [0, 0.05) is 21.7 Å². The Kier molecular flexibility index (Phi) is 5.80. The average Bonchev–Trinajstić information content (AvgIpc) is 3.08. The molecule has 0 aliphatic carbocycles. The van der Waals surface area contributed by atoms with Crippen LogP contribution in [0.1, 0.15) is 5.56 Å². The molecule has 1 heterocycles. The number of thioether (sulfide) groups is 1. The highest BCUT2D eigenvalue weighted by atomic mass is 35.5. The number of sulfone groups is 1. The number of hydrogen-bond acceptors (Lipinski definition) is 6. The zero-order valence-corrected chi connectivity index (χ0v) is 16.2. The molecule has 5 nitrogen and oxygen atoms in total. The first-order valence-electron chi connectivity index (χ1n) is 7.64. The topological polar surface area (TPSA) is 73.1 Å². The zero-order chi connectivity index (χ0) is 18.6. The first-order valence-corrected chi connectivity index (χ1v) is 10.6. The predicted molar refractivity (Wildman–Crippen MR) is 103 cm³/mol. The quantitative estimate of drug-likeness (QED) is 0.548. The Labute approximate surface area is 161 Å². The Morgan fingerprint density at radius 2 is 1.92 bits per heavy atom. The maximum Gasteiger partial charge on any atom is 0.277 e. The molecule has 0 bridgehead atoms. The van der Waals surface area contributed by atoms with Crippen molar-refractivity contribution in [1.29, 1.82) is 0 Å². The van der Waals surface area contributed by atoms with Gasteiger partial charge in [-0.05, 0) is 37.3 Å². The number of aromatic nitrogens is 2. The summed E-state index contributed by atoms with van der Waals surface area (Å²) in [6, 6.07) is 13.8. The molecule has 0 radical (unpaired) electrons. The van der Waals surface area contributed by atoms with Crippen LogP contribution in [-0.2, 0) is 9.84 Å². The van der Waals surface area contributed by atoms with Gasteiger partial charge >= 0.3 is 0 Å². The van der Waals surface area contributed by atoms with Gasteiger partial charge in [0.15, 0.2) is 9.84 Å². The summed E-state index contributed by atoms with van der Waals surface area (Å²) in [6.45, 7) is 1.91. The maximum atomic E-state index is 12.2. The summed E-state index contributed by atoms with van der Waals surface area (Å²) >= 11 is 7.20. The number of rotatable bonds is 6. The molecule has 0 N–H and O–H groups in total. The van der Waals surface area contributed by atoms with E-state index in [0.717, 1.165) is 11.1 Å². The third kappa shape index (κ3) is 4.75. The van der Waals surface area contributed by atoms with Crippen LogP contribution in [0, 0.1) is 6.92 Å².